The minimum Gasteiger partial charge on any atom is -0.506 e. The predicted octanol–water partition coefficient (Wildman–Crippen LogP) is 3.02. The van der Waals surface area contributed by atoms with Crippen molar-refractivity contribution in [2.75, 3.05) is 24.2 Å². The molecular formula is C19H23N3O3. The van der Waals surface area contributed by atoms with Gasteiger partial charge in [-0.3, -0.25) is 5.43 Å². The monoisotopic (exact) mass is 341 g/mol. The Kier molecular flexibility index (Phi) is 6.42. The van der Waals surface area contributed by atoms with Gasteiger partial charge in [0.2, 0.25) is 0 Å². The van der Waals surface area contributed by atoms with Crippen LogP contribution in [0.5, 0.6) is 5.75 Å². The first-order chi connectivity index (χ1) is 12.0. The van der Waals surface area contributed by atoms with Gasteiger partial charge in [-0.1, -0.05) is 30.8 Å². The molecule has 0 aromatic heterocycles. The maximum atomic E-state index is 11.4. The maximum Gasteiger partial charge on any atom is 0.333 e. The molecule has 6 nitrogen and oxygen atoms in total. The summed E-state index contributed by atoms with van der Waals surface area (Å²) in [5.41, 5.74) is 8.90. The van der Waals surface area contributed by atoms with Gasteiger partial charge in [-0.25, -0.2) is 15.3 Å². The number of anilines is 2. The molecule has 0 aliphatic carbocycles. The molecule has 0 aliphatic rings. The highest BCUT2D eigenvalue weighted by atomic mass is 16.5. The molecule has 0 aliphatic heterocycles. The van der Waals surface area contributed by atoms with E-state index in [0.29, 0.717) is 17.7 Å². The Labute approximate surface area is 147 Å². The van der Waals surface area contributed by atoms with Crippen molar-refractivity contribution in [3.8, 4) is 5.75 Å². The number of ether oxygens (including phenoxy) is 1. The zero-order valence-electron chi connectivity index (χ0n) is 14.5. The summed E-state index contributed by atoms with van der Waals surface area (Å²) in [5.74, 6) is -0.276. The van der Waals surface area contributed by atoms with Crippen LogP contribution in [0.25, 0.3) is 0 Å². The van der Waals surface area contributed by atoms with E-state index in [9.17, 15) is 9.90 Å². The molecule has 0 radical (unpaired) electrons. The molecule has 2 aromatic rings. The SMILES string of the molecule is C=C(C)C(=O)OCCc1ccc(O)c(N(NC)Nc2ccccc2)c1. The summed E-state index contributed by atoms with van der Waals surface area (Å²) >= 11 is 0. The van der Waals surface area contributed by atoms with E-state index in [2.05, 4.69) is 17.4 Å². The molecule has 0 amide bonds. The second-order valence-corrected chi connectivity index (χ2v) is 5.53. The van der Waals surface area contributed by atoms with Crippen LogP contribution < -0.4 is 16.0 Å². The number of aromatic hydroxyl groups is 1. The van der Waals surface area contributed by atoms with Gasteiger partial charge in [0, 0.05) is 19.0 Å². The number of carbonyl (C=O) groups excluding carboxylic acids is 1. The number of hydrogen-bond acceptors (Lipinski definition) is 6. The van der Waals surface area contributed by atoms with Crippen LogP contribution in [0.15, 0.2) is 60.7 Å². The van der Waals surface area contributed by atoms with Gasteiger partial charge in [0.25, 0.3) is 0 Å². The number of phenolic OH excluding ortho intramolecular Hbond substituents is 1. The number of benzene rings is 2. The van der Waals surface area contributed by atoms with Crippen LogP contribution >= 0.6 is 0 Å². The van der Waals surface area contributed by atoms with Gasteiger partial charge in [-0.2, -0.15) is 0 Å². The van der Waals surface area contributed by atoms with E-state index in [1.54, 1.807) is 31.2 Å². The molecule has 0 unspecified atom stereocenters. The van der Waals surface area contributed by atoms with Gasteiger partial charge in [-0.15, -0.1) is 0 Å². The highest BCUT2D eigenvalue weighted by Gasteiger charge is 2.11. The van der Waals surface area contributed by atoms with Crippen LogP contribution in [0.2, 0.25) is 0 Å². The zero-order valence-corrected chi connectivity index (χ0v) is 14.5. The van der Waals surface area contributed by atoms with Crippen molar-refractivity contribution in [3.05, 3.63) is 66.2 Å². The summed E-state index contributed by atoms with van der Waals surface area (Å²) in [7, 11) is 1.75. The van der Waals surface area contributed by atoms with Crippen molar-refractivity contribution in [1.29, 1.82) is 0 Å². The summed E-state index contributed by atoms with van der Waals surface area (Å²) in [5, 5.41) is 11.8. The second kappa shape index (κ2) is 8.75. The molecule has 0 spiro atoms. The lowest BCUT2D eigenvalue weighted by atomic mass is 10.1. The van der Waals surface area contributed by atoms with Gasteiger partial charge in [-0.05, 0) is 36.8 Å². The minimum absolute atomic E-state index is 0.125. The van der Waals surface area contributed by atoms with Gasteiger partial charge < -0.3 is 9.84 Å². The van der Waals surface area contributed by atoms with Gasteiger partial charge in [0.1, 0.15) is 11.4 Å². The van der Waals surface area contributed by atoms with Crippen molar-refractivity contribution in [3.63, 3.8) is 0 Å². The van der Waals surface area contributed by atoms with Crippen molar-refractivity contribution >= 4 is 17.3 Å². The number of nitrogens with zero attached hydrogens (tertiary/aromatic N) is 1. The van der Waals surface area contributed by atoms with Gasteiger partial charge in [0.05, 0.1) is 12.3 Å². The van der Waals surface area contributed by atoms with E-state index in [-0.39, 0.29) is 12.4 Å². The molecule has 0 heterocycles. The third-order valence-corrected chi connectivity index (χ3v) is 3.49. The summed E-state index contributed by atoms with van der Waals surface area (Å²) in [6.45, 7) is 5.41. The summed E-state index contributed by atoms with van der Waals surface area (Å²) in [6, 6.07) is 14.8. The van der Waals surface area contributed by atoms with Crippen LogP contribution in [-0.4, -0.2) is 24.7 Å². The fourth-order valence-corrected chi connectivity index (χ4v) is 2.17. The van der Waals surface area contributed by atoms with Crippen LogP contribution in [0.4, 0.5) is 11.4 Å². The number of hydrogen-bond donors (Lipinski definition) is 3. The van der Waals surface area contributed by atoms with E-state index in [4.69, 9.17) is 4.74 Å². The van der Waals surface area contributed by atoms with Crippen LogP contribution in [0.1, 0.15) is 12.5 Å². The Morgan fingerprint density at radius 2 is 1.96 bits per heavy atom. The lowest BCUT2D eigenvalue weighted by Gasteiger charge is -2.26. The molecule has 2 rings (SSSR count). The van der Waals surface area contributed by atoms with Crippen molar-refractivity contribution in [2.24, 2.45) is 0 Å². The van der Waals surface area contributed by atoms with Crippen molar-refractivity contribution < 1.29 is 14.6 Å². The molecule has 0 saturated heterocycles. The smallest absolute Gasteiger partial charge is 0.333 e. The lowest BCUT2D eigenvalue weighted by Crippen LogP contribution is -2.40. The number of rotatable bonds is 8. The number of phenols is 1. The molecule has 3 N–H and O–H groups in total. The third kappa shape index (κ3) is 5.26. The van der Waals surface area contributed by atoms with Crippen LogP contribution in [-0.2, 0) is 16.0 Å². The molecule has 0 bridgehead atoms. The number of para-hydroxylation sites is 1. The predicted molar refractivity (Wildman–Crippen MR) is 99.2 cm³/mol. The number of esters is 1. The normalized spacial score (nSPS) is 10.2. The Hall–Kier alpha value is -2.99. The van der Waals surface area contributed by atoms with Gasteiger partial charge >= 0.3 is 5.97 Å². The molecule has 132 valence electrons. The van der Waals surface area contributed by atoms with E-state index < -0.39 is 5.97 Å². The highest BCUT2D eigenvalue weighted by molar-refractivity contribution is 5.86. The average molecular weight is 341 g/mol. The molecular weight excluding hydrogens is 318 g/mol. The number of carbonyl (C=O) groups is 1. The molecule has 2 aromatic carbocycles. The first kappa shape index (κ1) is 18.4. The Balaban J connectivity index is 2.08. The Morgan fingerprint density at radius 1 is 1.24 bits per heavy atom. The quantitative estimate of drug-likeness (QED) is 0.389. The van der Waals surface area contributed by atoms with Gasteiger partial charge in [0.15, 0.2) is 0 Å². The van der Waals surface area contributed by atoms with E-state index >= 15 is 0 Å². The minimum atomic E-state index is -0.401. The topological polar surface area (TPSA) is 73.8 Å². The van der Waals surface area contributed by atoms with E-state index in [1.165, 1.54) is 0 Å². The molecule has 0 atom stereocenters. The first-order valence-corrected chi connectivity index (χ1v) is 7.95. The summed E-state index contributed by atoms with van der Waals surface area (Å²) < 4.78 is 5.11. The standard InChI is InChI=1S/C19H23N3O3/c1-14(2)19(24)25-12-11-15-9-10-18(23)17(13-15)22(20-3)21-16-7-5-4-6-8-16/h4-10,13,20-21,23H,1,11-12H2,2-3H3. The Morgan fingerprint density at radius 3 is 2.60 bits per heavy atom. The second-order valence-electron chi connectivity index (χ2n) is 5.53. The number of hydrazine groups is 2. The summed E-state index contributed by atoms with van der Waals surface area (Å²) in [6.07, 6.45) is 0.537. The van der Waals surface area contributed by atoms with E-state index in [0.717, 1.165) is 11.3 Å². The van der Waals surface area contributed by atoms with Crippen molar-refractivity contribution in [1.82, 2.24) is 5.43 Å². The Bertz CT molecular complexity index is 732. The van der Waals surface area contributed by atoms with Crippen LogP contribution in [0.3, 0.4) is 0 Å². The fourth-order valence-electron chi connectivity index (χ4n) is 2.17. The molecule has 25 heavy (non-hydrogen) atoms. The first-order valence-electron chi connectivity index (χ1n) is 7.95. The maximum absolute atomic E-state index is 11.4. The fraction of sp³-hybridized carbons (Fsp3) is 0.211. The lowest BCUT2D eigenvalue weighted by molar-refractivity contribution is -0.138. The zero-order chi connectivity index (χ0) is 18.2. The summed E-state index contributed by atoms with van der Waals surface area (Å²) in [4.78, 5) is 11.4. The van der Waals surface area contributed by atoms with Crippen molar-refractivity contribution in [2.45, 2.75) is 13.3 Å². The third-order valence-electron chi connectivity index (χ3n) is 3.49. The number of nitrogens with one attached hydrogen (secondary N) is 2. The van der Waals surface area contributed by atoms with E-state index in [1.807, 2.05) is 36.4 Å². The molecule has 0 fully saturated rings. The molecule has 6 heteroatoms. The highest BCUT2D eigenvalue weighted by Crippen LogP contribution is 2.28. The molecule has 0 saturated carbocycles. The van der Waals surface area contributed by atoms with Crippen LogP contribution in [0, 0.1) is 0 Å². The average Bonchev–Trinajstić information content (AvgIpc) is 2.62. The largest absolute Gasteiger partial charge is 0.506 e.